The van der Waals surface area contributed by atoms with Gasteiger partial charge in [0.1, 0.15) is 0 Å². The maximum Gasteiger partial charge on any atom is 0.191 e. The molecular formula is C14H22N4O. The Balaban J connectivity index is 1.86. The van der Waals surface area contributed by atoms with Gasteiger partial charge in [0.15, 0.2) is 5.96 Å². The van der Waals surface area contributed by atoms with Gasteiger partial charge in [-0.25, -0.2) is 0 Å². The summed E-state index contributed by atoms with van der Waals surface area (Å²) in [5.41, 5.74) is 6.91. The molecule has 5 nitrogen and oxygen atoms in total. The van der Waals surface area contributed by atoms with Gasteiger partial charge in [-0.15, -0.1) is 0 Å². The highest BCUT2D eigenvalue weighted by Crippen LogP contribution is 2.24. The van der Waals surface area contributed by atoms with Gasteiger partial charge in [0.2, 0.25) is 0 Å². The lowest BCUT2D eigenvalue weighted by Gasteiger charge is -2.18. The standard InChI is InChI=1S/C14H22N4O/c1-18(13-5-6-13)14(15)17-9-11(10-19)8-12-4-2-3-7-16-12/h2-4,7,11,13,19H,5-6,8-10H2,1H3,(H2,15,17). The van der Waals surface area contributed by atoms with Gasteiger partial charge in [-0.2, -0.15) is 0 Å². The molecule has 1 heterocycles. The molecule has 5 heteroatoms. The van der Waals surface area contributed by atoms with Crippen LogP contribution in [0.1, 0.15) is 18.5 Å². The number of hydrogen-bond donors (Lipinski definition) is 2. The van der Waals surface area contributed by atoms with Crippen LogP contribution < -0.4 is 5.73 Å². The van der Waals surface area contributed by atoms with Gasteiger partial charge in [-0.1, -0.05) is 6.07 Å². The van der Waals surface area contributed by atoms with E-state index in [0.717, 1.165) is 12.1 Å². The summed E-state index contributed by atoms with van der Waals surface area (Å²) in [4.78, 5) is 10.7. The predicted molar refractivity (Wildman–Crippen MR) is 75.8 cm³/mol. The minimum absolute atomic E-state index is 0.0704. The first-order chi connectivity index (χ1) is 9.20. The molecule has 1 unspecified atom stereocenters. The zero-order valence-corrected chi connectivity index (χ0v) is 11.4. The highest BCUT2D eigenvalue weighted by atomic mass is 16.3. The summed E-state index contributed by atoms with van der Waals surface area (Å²) in [6, 6.07) is 6.37. The Kier molecular flexibility index (Phi) is 4.74. The number of nitrogens with two attached hydrogens (primary N) is 1. The van der Waals surface area contributed by atoms with Crippen LogP contribution in [0.2, 0.25) is 0 Å². The number of aliphatic hydroxyl groups excluding tert-OH is 1. The van der Waals surface area contributed by atoms with Crippen LogP contribution in [0.5, 0.6) is 0 Å². The summed E-state index contributed by atoms with van der Waals surface area (Å²) < 4.78 is 0. The third kappa shape index (κ3) is 4.21. The molecule has 0 radical (unpaired) electrons. The average Bonchev–Trinajstić information content (AvgIpc) is 3.27. The number of rotatable bonds is 6. The molecule has 1 aliphatic carbocycles. The van der Waals surface area contributed by atoms with Crippen molar-refractivity contribution < 1.29 is 5.11 Å². The molecule has 1 aromatic rings. The highest BCUT2D eigenvalue weighted by Gasteiger charge is 2.27. The Morgan fingerprint density at radius 3 is 2.95 bits per heavy atom. The van der Waals surface area contributed by atoms with E-state index in [9.17, 15) is 5.11 Å². The maximum atomic E-state index is 9.41. The van der Waals surface area contributed by atoms with Crippen LogP contribution in [0.4, 0.5) is 0 Å². The molecule has 0 bridgehead atoms. The summed E-state index contributed by atoms with van der Waals surface area (Å²) in [5, 5.41) is 9.41. The normalized spacial score (nSPS) is 17.3. The largest absolute Gasteiger partial charge is 0.396 e. The van der Waals surface area contributed by atoms with E-state index in [-0.39, 0.29) is 12.5 Å². The first kappa shape index (κ1) is 13.8. The number of guanidine groups is 1. The first-order valence-corrected chi connectivity index (χ1v) is 6.74. The number of aromatic nitrogens is 1. The van der Waals surface area contributed by atoms with E-state index in [1.54, 1.807) is 6.20 Å². The van der Waals surface area contributed by atoms with E-state index < -0.39 is 0 Å². The molecule has 0 amide bonds. The van der Waals surface area contributed by atoms with Crippen molar-refractivity contribution in [3.05, 3.63) is 30.1 Å². The van der Waals surface area contributed by atoms with E-state index >= 15 is 0 Å². The van der Waals surface area contributed by atoms with Gasteiger partial charge in [0.25, 0.3) is 0 Å². The van der Waals surface area contributed by atoms with Crippen molar-refractivity contribution >= 4 is 5.96 Å². The molecule has 1 aliphatic rings. The van der Waals surface area contributed by atoms with E-state index in [1.807, 2.05) is 30.1 Å². The fraction of sp³-hybridized carbons (Fsp3) is 0.571. The highest BCUT2D eigenvalue weighted by molar-refractivity contribution is 5.78. The number of aliphatic hydroxyl groups is 1. The van der Waals surface area contributed by atoms with E-state index in [0.29, 0.717) is 18.5 Å². The van der Waals surface area contributed by atoms with Crippen molar-refractivity contribution in [2.45, 2.75) is 25.3 Å². The quantitative estimate of drug-likeness (QED) is 0.583. The molecule has 1 atom stereocenters. The van der Waals surface area contributed by atoms with Crippen LogP contribution in [0.25, 0.3) is 0 Å². The molecule has 1 fully saturated rings. The average molecular weight is 262 g/mol. The smallest absolute Gasteiger partial charge is 0.191 e. The minimum atomic E-state index is 0.0704. The van der Waals surface area contributed by atoms with Gasteiger partial charge in [0, 0.05) is 44.0 Å². The summed E-state index contributed by atoms with van der Waals surface area (Å²) >= 11 is 0. The van der Waals surface area contributed by atoms with Crippen molar-refractivity contribution in [1.29, 1.82) is 0 Å². The molecule has 104 valence electrons. The van der Waals surface area contributed by atoms with E-state index in [1.165, 1.54) is 12.8 Å². The molecule has 0 aromatic carbocycles. The van der Waals surface area contributed by atoms with Gasteiger partial charge in [-0.3, -0.25) is 9.98 Å². The van der Waals surface area contributed by atoms with Gasteiger partial charge < -0.3 is 15.7 Å². The molecule has 19 heavy (non-hydrogen) atoms. The summed E-state index contributed by atoms with van der Waals surface area (Å²) in [6.07, 6.45) is 4.89. The third-order valence-corrected chi connectivity index (χ3v) is 3.45. The fourth-order valence-electron chi connectivity index (χ4n) is 1.98. The van der Waals surface area contributed by atoms with Gasteiger partial charge in [0.05, 0.1) is 0 Å². The Labute approximate surface area is 114 Å². The number of hydrogen-bond acceptors (Lipinski definition) is 3. The van der Waals surface area contributed by atoms with E-state index in [4.69, 9.17) is 5.73 Å². The second kappa shape index (κ2) is 6.52. The lowest BCUT2D eigenvalue weighted by Crippen LogP contribution is -2.36. The zero-order valence-electron chi connectivity index (χ0n) is 11.4. The van der Waals surface area contributed by atoms with Crippen LogP contribution in [0.15, 0.2) is 29.4 Å². The molecule has 0 aliphatic heterocycles. The third-order valence-electron chi connectivity index (χ3n) is 3.45. The molecule has 0 spiro atoms. The van der Waals surface area contributed by atoms with Crippen molar-refractivity contribution in [1.82, 2.24) is 9.88 Å². The van der Waals surface area contributed by atoms with Crippen molar-refractivity contribution in [3.8, 4) is 0 Å². The van der Waals surface area contributed by atoms with Crippen molar-refractivity contribution in [3.63, 3.8) is 0 Å². The second-order valence-corrected chi connectivity index (χ2v) is 5.11. The fourth-order valence-corrected chi connectivity index (χ4v) is 1.98. The Bertz CT molecular complexity index is 417. The van der Waals surface area contributed by atoms with Crippen molar-refractivity contribution in [2.75, 3.05) is 20.2 Å². The summed E-state index contributed by atoms with van der Waals surface area (Å²) in [6.45, 7) is 0.635. The summed E-state index contributed by atoms with van der Waals surface area (Å²) in [7, 11) is 1.98. The second-order valence-electron chi connectivity index (χ2n) is 5.11. The number of aliphatic imine (C=N–C) groups is 1. The number of nitrogens with zero attached hydrogens (tertiary/aromatic N) is 3. The van der Waals surface area contributed by atoms with E-state index in [2.05, 4.69) is 9.98 Å². The summed E-state index contributed by atoms with van der Waals surface area (Å²) in [5.74, 6) is 0.642. The van der Waals surface area contributed by atoms with Crippen LogP contribution in [0, 0.1) is 5.92 Å². The Hall–Kier alpha value is -1.62. The van der Waals surface area contributed by atoms with Crippen LogP contribution in [-0.4, -0.2) is 47.2 Å². The SMILES string of the molecule is CN(C(N)=NCC(CO)Cc1ccccn1)C1CC1. The number of pyridine rings is 1. The molecule has 1 aromatic heterocycles. The molecule has 0 saturated heterocycles. The van der Waals surface area contributed by atoms with Crippen LogP contribution in [-0.2, 0) is 6.42 Å². The monoisotopic (exact) mass is 262 g/mol. The molecule has 1 saturated carbocycles. The molecular weight excluding hydrogens is 240 g/mol. The van der Waals surface area contributed by atoms with Crippen LogP contribution >= 0.6 is 0 Å². The van der Waals surface area contributed by atoms with Crippen molar-refractivity contribution in [2.24, 2.45) is 16.6 Å². The molecule has 3 N–H and O–H groups in total. The Morgan fingerprint density at radius 2 is 2.37 bits per heavy atom. The lowest BCUT2D eigenvalue weighted by molar-refractivity contribution is 0.229. The van der Waals surface area contributed by atoms with Crippen LogP contribution in [0.3, 0.4) is 0 Å². The Morgan fingerprint density at radius 1 is 1.58 bits per heavy atom. The lowest BCUT2D eigenvalue weighted by atomic mass is 10.0. The topological polar surface area (TPSA) is 74.7 Å². The molecule has 2 rings (SSSR count). The zero-order chi connectivity index (χ0) is 13.7. The van der Waals surface area contributed by atoms with Gasteiger partial charge in [-0.05, 0) is 31.4 Å². The van der Waals surface area contributed by atoms with Gasteiger partial charge >= 0.3 is 0 Å². The maximum absolute atomic E-state index is 9.41. The minimum Gasteiger partial charge on any atom is -0.396 e. The predicted octanol–water partition coefficient (Wildman–Crippen LogP) is 0.641. The first-order valence-electron chi connectivity index (χ1n) is 6.74.